The van der Waals surface area contributed by atoms with Gasteiger partial charge in [0.15, 0.2) is 11.5 Å². The first-order chi connectivity index (χ1) is 10.7. The molecule has 3 rings (SSSR count). The van der Waals surface area contributed by atoms with E-state index >= 15 is 0 Å². The number of carbonyl (C=O) groups excluding carboxylic acids is 1. The Morgan fingerprint density at radius 2 is 2.18 bits per heavy atom. The van der Waals surface area contributed by atoms with Crippen molar-refractivity contribution in [3.63, 3.8) is 0 Å². The Labute approximate surface area is 131 Å². The summed E-state index contributed by atoms with van der Waals surface area (Å²) in [5.74, 6) is 1.63. The zero-order chi connectivity index (χ0) is 15.5. The second-order valence-electron chi connectivity index (χ2n) is 5.92. The Kier molecular flexibility index (Phi) is 4.52. The molecule has 2 aliphatic heterocycles. The molecule has 0 spiro atoms. The van der Waals surface area contributed by atoms with Gasteiger partial charge in [-0.1, -0.05) is 19.4 Å². The molecule has 0 radical (unpaired) electrons. The average Bonchev–Trinajstić information content (AvgIpc) is 2.90. The molecule has 120 valence electrons. The monoisotopic (exact) mass is 304 g/mol. The molecule has 0 aromatic heterocycles. The average molecular weight is 304 g/mol. The molecule has 1 aromatic carbocycles. The molecule has 2 aliphatic rings. The number of rotatable bonds is 5. The van der Waals surface area contributed by atoms with E-state index in [2.05, 4.69) is 17.1 Å². The highest BCUT2D eigenvalue weighted by atomic mass is 16.5. The van der Waals surface area contributed by atoms with Crippen LogP contribution in [0.2, 0.25) is 0 Å². The zero-order valence-corrected chi connectivity index (χ0v) is 13.3. The van der Waals surface area contributed by atoms with Gasteiger partial charge in [0, 0.05) is 6.54 Å². The molecule has 5 heteroatoms. The van der Waals surface area contributed by atoms with E-state index in [1.165, 1.54) is 0 Å². The minimum absolute atomic E-state index is 0.0285. The van der Waals surface area contributed by atoms with Crippen LogP contribution in [0.4, 0.5) is 0 Å². The zero-order valence-electron chi connectivity index (χ0n) is 13.3. The van der Waals surface area contributed by atoms with Crippen LogP contribution in [-0.2, 0) is 4.79 Å². The maximum atomic E-state index is 12.1. The molecule has 1 aromatic rings. The molecule has 0 saturated carbocycles. The predicted octanol–water partition coefficient (Wildman–Crippen LogP) is 2.47. The largest absolute Gasteiger partial charge is 0.493 e. The lowest BCUT2D eigenvalue weighted by molar-refractivity contribution is -0.122. The highest BCUT2D eigenvalue weighted by Gasteiger charge is 2.41. The smallest absolute Gasteiger partial charge is 0.238 e. The van der Waals surface area contributed by atoms with Crippen LogP contribution in [0.25, 0.3) is 0 Å². The first kappa shape index (κ1) is 15.2. The van der Waals surface area contributed by atoms with Gasteiger partial charge in [0.25, 0.3) is 0 Å². The minimum Gasteiger partial charge on any atom is -0.493 e. The van der Waals surface area contributed by atoms with Crippen molar-refractivity contribution < 1.29 is 14.3 Å². The van der Waals surface area contributed by atoms with Crippen LogP contribution in [0, 0.1) is 0 Å². The third-order valence-electron chi connectivity index (χ3n) is 4.42. The molecular weight excluding hydrogens is 280 g/mol. The van der Waals surface area contributed by atoms with Crippen molar-refractivity contribution in [2.24, 2.45) is 0 Å². The summed E-state index contributed by atoms with van der Waals surface area (Å²) in [6.07, 6.45) is 4.15. The van der Waals surface area contributed by atoms with Gasteiger partial charge in [-0.2, -0.15) is 0 Å². The van der Waals surface area contributed by atoms with Crippen LogP contribution in [0.15, 0.2) is 18.2 Å². The van der Waals surface area contributed by atoms with E-state index in [4.69, 9.17) is 9.47 Å². The van der Waals surface area contributed by atoms with Crippen LogP contribution in [0.1, 0.15) is 44.3 Å². The third kappa shape index (κ3) is 2.77. The fourth-order valence-electron chi connectivity index (χ4n) is 3.32. The number of hydrogen-bond acceptors (Lipinski definition) is 4. The standard InChI is InChI=1S/C17H24N2O3/c1-3-10-22-14-8-7-12(11-15(14)21-2)16-18-17(20)13-6-4-5-9-19(13)16/h7-8,11,13,16H,3-6,9-10H2,1-2H3,(H,18,20). The lowest BCUT2D eigenvalue weighted by Gasteiger charge is -2.31. The second-order valence-corrected chi connectivity index (χ2v) is 5.92. The topological polar surface area (TPSA) is 50.8 Å². The van der Waals surface area contributed by atoms with E-state index in [0.29, 0.717) is 6.61 Å². The summed E-state index contributed by atoms with van der Waals surface area (Å²) in [4.78, 5) is 14.4. The van der Waals surface area contributed by atoms with Crippen molar-refractivity contribution in [2.75, 3.05) is 20.3 Å². The van der Waals surface area contributed by atoms with Crippen LogP contribution >= 0.6 is 0 Å². The van der Waals surface area contributed by atoms with Crippen molar-refractivity contribution in [3.8, 4) is 11.5 Å². The number of nitrogens with one attached hydrogen (secondary N) is 1. The van der Waals surface area contributed by atoms with Crippen LogP contribution in [0.5, 0.6) is 11.5 Å². The molecule has 5 nitrogen and oxygen atoms in total. The quantitative estimate of drug-likeness (QED) is 0.908. The van der Waals surface area contributed by atoms with Crippen LogP contribution in [0.3, 0.4) is 0 Å². The molecule has 2 heterocycles. The summed E-state index contributed by atoms with van der Waals surface area (Å²) in [6.45, 7) is 3.71. The number of carbonyl (C=O) groups is 1. The van der Waals surface area contributed by atoms with Gasteiger partial charge in [-0.25, -0.2) is 0 Å². The van der Waals surface area contributed by atoms with Gasteiger partial charge in [-0.15, -0.1) is 0 Å². The first-order valence-corrected chi connectivity index (χ1v) is 8.11. The Morgan fingerprint density at radius 3 is 2.95 bits per heavy atom. The van der Waals surface area contributed by atoms with Gasteiger partial charge in [0.1, 0.15) is 6.17 Å². The summed E-state index contributed by atoms with van der Waals surface area (Å²) in [7, 11) is 1.65. The predicted molar refractivity (Wildman–Crippen MR) is 84.0 cm³/mol. The summed E-state index contributed by atoms with van der Waals surface area (Å²) >= 11 is 0. The SMILES string of the molecule is CCCOc1ccc(C2NC(=O)C3CCCCN32)cc1OC. The molecule has 2 atom stereocenters. The van der Waals surface area contributed by atoms with Crippen molar-refractivity contribution in [1.29, 1.82) is 0 Å². The molecule has 0 bridgehead atoms. The van der Waals surface area contributed by atoms with Crippen LogP contribution in [-0.4, -0.2) is 37.1 Å². The molecule has 2 fully saturated rings. The Balaban J connectivity index is 1.83. The van der Waals surface area contributed by atoms with E-state index in [-0.39, 0.29) is 18.1 Å². The number of benzene rings is 1. The van der Waals surface area contributed by atoms with Gasteiger partial charge >= 0.3 is 0 Å². The summed E-state index contributed by atoms with van der Waals surface area (Å²) in [6, 6.07) is 5.97. The van der Waals surface area contributed by atoms with Gasteiger partial charge in [-0.3, -0.25) is 9.69 Å². The number of fused-ring (bicyclic) bond motifs is 1. The Morgan fingerprint density at radius 1 is 1.32 bits per heavy atom. The highest BCUT2D eigenvalue weighted by molar-refractivity contribution is 5.84. The number of amides is 1. The molecule has 2 unspecified atom stereocenters. The van der Waals surface area contributed by atoms with E-state index in [0.717, 1.165) is 49.3 Å². The lowest BCUT2D eigenvalue weighted by Crippen LogP contribution is -2.38. The van der Waals surface area contributed by atoms with Crippen molar-refractivity contribution in [2.45, 2.75) is 44.8 Å². The fraction of sp³-hybridized carbons (Fsp3) is 0.588. The Hall–Kier alpha value is -1.75. The molecule has 1 amide bonds. The Bertz CT molecular complexity index is 547. The molecular formula is C17H24N2O3. The maximum Gasteiger partial charge on any atom is 0.238 e. The maximum absolute atomic E-state index is 12.1. The second kappa shape index (κ2) is 6.57. The highest BCUT2D eigenvalue weighted by Crippen LogP contribution is 2.36. The summed E-state index contributed by atoms with van der Waals surface area (Å²) in [5.41, 5.74) is 1.05. The molecule has 2 saturated heterocycles. The van der Waals surface area contributed by atoms with E-state index < -0.39 is 0 Å². The van der Waals surface area contributed by atoms with E-state index in [1.54, 1.807) is 7.11 Å². The minimum atomic E-state index is -0.0491. The van der Waals surface area contributed by atoms with E-state index in [1.807, 2.05) is 18.2 Å². The van der Waals surface area contributed by atoms with Crippen molar-refractivity contribution >= 4 is 5.91 Å². The number of hydrogen-bond donors (Lipinski definition) is 1. The summed E-state index contributed by atoms with van der Waals surface area (Å²) < 4.78 is 11.1. The number of nitrogens with zero attached hydrogens (tertiary/aromatic N) is 1. The van der Waals surface area contributed by atoms with Gasteiger partial charge in [0.05, 0.1) is 19.8 Å². The summed E-state index contributed by atoms with van der Waals surface area (Å²) in [5, 5.41) is 3.12. The number of ether oxygens (including phenoxy) is 2. The van der Waals surface area contributed by atoms with Crippen molar-refractivity contribution in [1.82, 2.24) is 10.2 Å². The van der Waals surface area contributed by atoms with Crippen LogP contribution < -0.4 is 14.8 Å². The third-order valence-corrected chi connectivity index (χ3v) is 4.42. The van der Waals surface area contributed by atoms with Gasteiger partial charge in [0.2, 0.25) is 5.91 Å². The fourth-order valence-corrected chi connectivity index (χ4v) is 3.32. The van der Waals surface area contributed by atoms with Gasteiger partial charge in [-0.05, 0) is 37.0 Å². The van der Waals surface area contributed by atoms with E-state index in [9.17, 15) is 4.79 Å². The van der Waals surface area contributed by atoms with Crippen molar-refractivity contribution in [3.05, 3.63) is 23.8 Å². The normalized spacial score (nSPS) is 24.7. The molecule has 22 heavy (non-hydrogen) atoms. The number of methoxy groups -OCH3 is 1. The molecule has 0 aliphatic carbocycles. The molecule has 1 N–H and O–H groups in total. The van der Waals surface area contributed by atoms with Gasteiger partial charge < -0.3 is 14.8 Å². The first-order valence-electron chi connectivity index (χ1n) is 8.11. The lowest BCUT2D eigenvalue weighted by atomic mass is 10.0. The number of piperidine rings is 1.